The lowest BCUT2D eigenvalue weighted by molar-refractivity contribution is 0.507. The van der Waals surface area contributed by atoms with E-state index in [4.69, 9.17) is 4.98 Å². The predicted octanol–water partition coefficient (Wildman–Crippen LogP) is 2.82. The number of nitrogens with one attached hydrogen (secondary N) is 1. The molecule has 5 heteroatoms. The van der Waals surface area contributed by atoms with Crippen molar-refractivity contribution in [2.45, 2.75) is 40.0 Å². The summed E-state index contributed by atoms with van der Waals surface area (Å²) in [7, 11) is 0. The third-order valence-electron chi connectivity index (χ3n) is 4.38. The highest BCUT2D eigenvalue weighted by Crippen LogP contribution is 2.25. The highest BCUT2D eigenvalue weighted by molar-refractivity contribution is 5.62. The van der Waals surface area contributed by atoms with Gasteiger partial charge in [0.15, 0.2) is 5.82 Å². The van der Waals surface area contributed by atoms with Gasteiger partial charge in [0.1, 0.15) is 5.69 Å². The first-order chi connectivity index (χ1) is 10.7. The Bertz CT molecular complexity index is 662. The maximum Gasteiger partial charge on any atom is 0.162 e. The van der Waals surface area contributed by atoms with Crippen LogP contribution in [0.25, 0.3) is 11.4 Å². The second kappa shape index (κ2) is 6.40. The molecule has 0 radical (unpaired) electrons. The van der Waals surface area contributed by atoms with E-state index in [0.717, 1.165) is 36.7 Å². The molecule has 5 nitrogen and oxygen atoms in total. The Morgan fingerprint density at radius 1 is 1.14 bits per heavy atom. The minimum absolute atomic E-state index is 0.841. The van der Waals surface area contributed by atoms with Crippen molar-refractivity contribution in [3.63, 3.8) is 0 Å². The van der Waals surface area contributed by atoms with E-state index in [2.05, 4.69) is 41.2 Å². The number of anilines is 1. The van der Waals surface area contributed by atoms with Gasteiger partial charge in [-0.15, -0.1) is 0 Å². The van der Waals surface area contributed by atoms with Gasteiger partial charge in [-0.3, -0.25) is 15.0 Å². The fraction of sp³-hybridized carbons (Fsp3) is 0.471. The molecule has 2 aromatic heterocycles. The van der Waals surface area contributed by atoms with E-state index in [1.807, 2.05) is 12.4 Å². The lowest BCUT2D eigenvalue weighted by Crippen LogP contribution is -2.43. The second-order valence-electron chi connectivity index (χ2n) is 5.76. The standard InChI is InChI=1S/C17H23N5/c1-4-14-9-19-17(13(3)12(14)2)15-10-18-11-16(21-15)22-8-6-5-7-20-22/h9-11,20H,4-8H2,1-3H3. The Hall–Kier alpha value is -2.01. The molecule has 1 fully saturated rings. The third kappa shape index (κ3) is 2.81. The van der Waals surface area contributed by atoms with Crippen LogP contribution in [0, 0.1) is 13.8 Å². The number of aryl methyl sites for hydroxylation is 1. The summed E-state index contributed by atoms with van der Waals surface area (Å²) in [5, 5.41) is 2.09. The van der Waals surface area contributed by atoms with Crippen molar-refractivity contribution < 1.29 is 0 Å². The van der Waals surface area contributed by atoms with E-state index in [1.165, 1.54) is 29.5 Å². The van der Waals surface area contributed by atoms with E-state index in [0.29, 0.717) is 0 Å². The number of nitrogens with zero attached hydrogens (tertiary/aromatic N) is 4. The highest BCUT2D eigenvalue weighted by atomic mass is 15.5. The molecule has 1 aliphatic rings. The van der Waals surface area contributed by atoms with Gasteiger partial charge in [-0.1, -0.05) is 6.92 Å². The minimum Gasteiger partial charge on any atom is -0.291 e. The van der Waals surface area contributed by atoms with E-state index in [-0.39, 0.29) is 0 Å². The van der Waals surface area contributed by atoms with E-state index in [1.54, 1.807) is 6.20 Å². The highest BCUT2D eigenvalue weighted by Gasteiger charge is 2.15. The van der Waals surface area contributed by atoms with Crippen molar-refractivity contribution in [2.24, 2.45) is 0 Å². The molecule has 3 rings (SSSR count). The summed E-state index contributed by atoms with van der Waals surface area (Å²) in [5.41, 5.74) is 8.93. The van der Waals surface area contributed by atoms with Gasteiger partial charge in [0, 0.05) is 19.3 Å². The minimum atomic E-state index is 0.841. The molecule has 22 heavy (non-hydrogen) atoms. The molecule has 2 aromatic rings. The average molecular weight is 297 g/mol. The molecule has 1 saturated heterocycles. The molecule has 0 spiro atoms. The average Bonchev–Trinajstić information content (AvgIpc) is 2.58. The normalized spacial score (nSPS) is 15.1. The lowest BCUT2D eigenvalue weighted by Gasteiger charge is -2.28. The maximum absolute atomic E-state index is 4.76. The Balaban J connectivity index is 1.97. The van der Waals surface area contributed by atoms with Gasteiger partial charge in [-0.2, -0.15) is 0 Å². The van der Waals surface area contributed by atoms with Gasteiger partial charge in [-0.25, -0.2) is 10.4 Å². The number of rotatable bonds is 3. The fourth-order valence-electron chi connectivity index (χ4n) is 2.85. The van der Waals surface area contributed by atoms with E-state index >= 15 is 0 Å². The summed E-state index contributed by atoms with van der Waals surface area (Å²) in [4.78, 5) is 13.8. The molecule has 0 atom stereocenters. The molecule has 0 bridgehead atoms. The molecule has 0 amide bonds. The van der Waals surface area contributed by atoms with E-state index < -0.39 is 0 Å². The molecule has 1 aliphatic heterocycles. The van der Waals surface area contributed by atoms with Crippen molar-refractivity contribution in [1.29, 1.82) is 0 Å². The molecule has 0 saturated carbocycles. The van der Waals surface area contributed by atoms with E-state index in [9.17, 15) is 0 Å². The molecule has 0 aromatic carbocycles. The van der Waals surface area contributed by atoms with Crippen molar-refractivity contribution in [3.05, 3.63) is 35.3 Å². The summed E-state index contributed by atoms with van der Waals surface area (Å²) < 4.78 is 0. The van der Waals surface area contributed by atoms with Crippen LogP contribution < -0.4 is 10.4 Å². The summed E-state index contributed by atoms with van der Waals surface area (Å²) in [6.07, 6.45) is 8.97. The monoisotopic (exact) mass is 297 g/mol. The zero-order chi connectivity index (χ0) is 15.5. The number of hydrogen-bond donors (Lipinski definition) is 1. The lowest BCUT2D eigenvalue weighted by atomic mass is 10.0. The smallest absolute Gasteiger partial charge is 0.162 e. The molecular formula is C17H23N5. The predicted molar refractivity (Wildman–Crippen MR) is 88.7 cm³/mol. The Kier molecular flexibility index (Phi) is 4.34. The maximum atomic E-state index is 4.76. The number of pyridine rings is 1. The molecular weight excluding hydrogens is 274 g/mol. The van der Waals surface area contributed by atoms with Gasteiger partial charge in [-0.05, 0) is 49.8 Å². The zero-order valence-corrected chi connectivity index (χ0v) is 13.6. The second-order valence-corrected chi connectivity index (χ2v) is 5.76. The molecule has 0 aliphatic carbocycles. The van der Waals surface area contributed by atoms with Gasteiger partial charge < -0.3 is 0 Å². The van der Waals surface area contributed by atoms with Gasteiger partial charge in [0.25, 0.3) is 0 Å². The first kappa shape index (κ1) is 14.9. The Morgan fingerprint density at radius 3 is 2.73 bits per heavy atom. The number of hydrazine groups is 1. The molecule has 0 unspecified atom stereocenters. The summed E-state index contributed by atoms with van der Waals surface area (Å²) in [6.45, 7) is 8.39. The van der Waals surface area contributed by atoms with Crippen LogP contribution in [-0.4, -0.2) is 28.0 Å². The fourth-order valence-corrected chi connectivity index (χ4v) is 2.85. The van der Waals surface area contributed by atoms with Crippen LogP contribution in [0.15, 0.2) is 18.6 Å². The molecule has 3 heterocycles. The zero-order valence-electron chi connectivity index (χ0n) is 13.6. The van der Waals surface area contributed by atoms with Crippen molar-refractivity contribution >= 4 is 5.82 Å². The van der Waals surface area contributed by atoms with Crippen LogP contribution in [0.5, 0.6) is 0 Å². The van der Waals surface area contributed by atoms with Crippen molar-refractivity contribution in [2.75, 3.05) is 18.1 Å². The number of hydrogen-bond acceptors (Lipinski definition) is 5. The first-order valence-electron chi connectivity index (χ1n) is 7.99. The van der Waals surface area contributed by atoms with Crippen LogP contribution in [0.1, 0.15) is 36.5 Å². The quantitative estimate of drug-likeness (QED) is 0.944. The van der Waals surface area contributed by atoms with Gasteiger partial charge in [0.05, 0.1) is 18.1 Å². The topological polar surface area (TPSA) is 53.9 Å². The van der Waals surface area contributed by atoms with Crippen LogP contribution in [0.3, 0.4) is 0 Å². The number of aromatic nitrogens is 3. The SMILES string of the molecule is CCc1cnc(-c2cncc(N3CCCCN3)n2)c(C)c1C. The van der Waals surface area contributed by atoms with Crippen LogP contribution >= 0.6 is 0 Å². The Morgan fingerprint density at radius 2 is 2.00 bits per heavy atom. The summed E-state index contributed by atoms with van der Waals surface area (Å²) in [5.74, 6) is 0.871. The van der Waals surface area contributed by atoms with Crippen molar-refractivity contribution in [3.8, 4) is 11.4 Å². The molecule has 116 valence electrons. The molecule has 1 N–H and O–H groups in total. The third-order valence-corrected chi connectivity index (χ3v) is 4.38. The van der Waals surface area contributed by atoms with Crippen LogP contribution in [-0.2, 0) is 6.42 Å². The summed E-state index contributed by atoms with van der Waals surface area (Å²) >= 11 is 0. The van der Waals surface area contributed by atoms with Crippen LogP contribution in [0.2, 0.25) is 0 Å². The van der Waals surface area contributed by atoms with Gasteiger partial charge in [0.2, 0.25) is 0 Å². The summed E-state index contributed by atoms with van der Waals surface area (Å²) in [6, 6.07) is 0. The Labute approximate surface area is 131 Å². The van der Waals surface area contributed by atoms with Gasteiger partial charge >= 0.3 is 0 Å². The first-order valence-corrected chi connectivity index (χ1v) is 7.99. The van der Waals surface area contributed by atoms with Crippen LogP contribution in [0.4, 0.5) is 5.82 Å². The van der Waals surface area contributed by atoms with Crippen molar-refractivity contribution in [1.82, 2.24) is 20.4 Å². The largest absolute Gasteiger partial charge is 0.291 e.